The number of nitrogens with zero attached hydrogens (tertiary/aromatic N) is 4. The summed E-state index contributed by atoms with van der Waals surface area (Å²) in [5.41, 5.74) is 0.959. The van der Waals surface area contributed by atoms with Crippen LogP contribution in [-0.4, -0.2) is 48.1 Å². The molecule has 0 radical (unpaired) electrons. The summed E-state index contributed by atoms with van der Waals surface area (Å²) in [5, 5.41) is 0. The van der Waals surface area contributed by atoms with Crippen molar-refractivity contribution in [3.63, 3.8) is 0 Å². The molecule has 0 saturated carbocycles. The van der Waals surface area contributed by atoms with E-state index in [4.69, 9.17) is 0 Å². The Bertz CT molecular complexity index is 292. The Morgan fingerprint density at radius 2 is 1.75 bits per heavy atom. The first-order valence-electron chi connectivity index (χ1n) is 5.89. The summed E-state index contributed by atoms with van der Waals surface area (Å²) in [6, 6.07) is 0. The second-order valence-corrected chi connectivity index (χ2v) is 3.96. The second kappa shape index (κ2) is 6.43. The molecule has 1 rings (SSSR count). The van der Waals surface area contributed by atoms with E-state index in [1.54, 1.807) is 0 Å². The Kier molecular flexibility index (Phi) is 5.19. The van der Waals surface area contributed by atoms with Gasteiger partial charge >= 0.3 is 0 Å². The molecule has 0 saturated heterocycles. The number of aromatic nitrogens is 2. The number of rotatable bonds is 6. The topological polar surface area (TPSA) is 32.3 Å². The van der Waals surface area contributed by atoms with Crippen molar-refractivity contribution >= 4 is 5.82 Å². The molecular weight excluding hydrogens is 200 g/mol. The van der Waals surface area contributed by atoms with E-state index in [1.807, 2.05) is 19.3 Å². The third-order valence-corrected chi connectivity index (χ3v) is 2.80. The standard InChI is InChI=1S/C12H22N4/c1-5-16(6-2)8-7-15(4)12-10-13-11(3)9-14-12/h9-10H,5-8H2,1-4H3. The summed E-state index contributed by atoms with van der Waals surface area (Å²) < 4.78 is 0. The van der Waals surface area contributed by atoms with E-state index in [1.165, 1.54) is 0 Å². The van der Waals surface area contributed by atoms with Gasteiger partial charge in [-0.2, -0.15) is 0 Å². The van der Waals surface area contributed by atoms with Gasteiger partial charge in [0.25, 0.3) is 0 Å². The third kappa shape index (κ3) is 3.77. The predicted octanol–water partition coefficient (Wildman–Crippen LogP) is 1.56. The first kappa shape index (κ1) is 12.9. The van der Waals surface area contributed by atoms with Gasteiger partial charge in [0, 0.05) is 20.1 Å². The minimum absolute atomic E-state index is 0.942. The highest BCUT2D eigenvalue weighted by atomic mass is 15.2. The highest BCUT2D eigenvalue weighted by Crippen LogP contribution is 2.05. The fraction of sp³-hybridized carbons (Fsp3) is 0.667. The van der Waals surface area contributed by atoms with Gasteiger partial charge < -0.3 is 9.80 Å². The van der Waals surface area contributed by atoms with Gasteiger partial charge in [0.15, 0.2) is 0 Å². The van der Waals surface area contributed by atoms with Crippen molar-refractivity contribution in [2.75, 3.05) is 38.1 Å². The van der Waals surface area contributed by atoms with Crippen molar-refractivity contribution in [1.82, 2.24) is 14.9 Å². The average Bonchev–Trinajstić information content (AvgIpc) is 2.31. The largest absolute Gasteiger partial charge is 0.357 e. The molecule has 0 N–H and O–H groups in total. The number of hydrogen-bond acceptors (Lipinski definition) is 4. The molecule has 1 aromatic heterocycles. The van der Waals surface area contributed by atoms with Gasteiger partial charge in [-0.15, -0.1) is 0 Å². The van der Waals surface area contributed by atoms with Crippen LogP contribution in [-0.2, 0) is 0 Å². The van der Waals surface area contributed by atoms with Crippen LogP contribution in [0.2, 0.25) is 0 Å². The molecule has 0 aliphatic heterocycles. The van der Waals surface area contributed by atoms with Crippen LogP contribution in [0.1, 0.15) is 19.5 Å². The van der Waals surface area contributed by atoms with Crippen LogP contribution in [0.5, 0.6) is 0 Å². The third-order valence-electron chi connectivity index (χ3n) is 2.80. The smallest absolute Gasteiger partial charge is 0.146 e. The van der Waals surface area contributed by atoms with Crippen LogP contribution < -0.4 is 4.90 Å². The molecule has 0 amide bonds. The Morgan fingerprint density at radius 3 is 2.25 bits per heavy atom. The van der Waals surface area contributed by atoms with Crippen molar-refractivity contribution in [3.05, 3.63) is 18.1 Å². The summed E-state index contributed by atoms with van der Waals surface area (Å²) in [4.78, 5) is 13.1. The molecular formula is C12H22N4. The lowest BCUT2D eigenvalue weighted by molar-refractivity contribution is 0.311. The maximum absolute atomic E-state index is 4.35. The lowest BCUT2D eigenvalue weighted by Gasteiger charge is -2.23. The van der Waals surface area contributed by atoms with Crippen LogP contribution in [0.25, 0.3) is 0 Å². The number of likely N-dealkylation sites (N-methyl/N-ethyl adjacent to an activating group) is 2. The Morgan fingerprint density at radius 1 is 1.06 bits per heavy atom. The maximum atomic E-state index is 4.35. The average molecular weight is 222 g/mol. The van der Waals surface area contributed by atoms with E-state index in [-0.39, 0.29) is 0 Å². The zero-order valence-corrected chi connectivity index (χ0v) is 10.8. The van der Waals surface area contributed by atoms with Crippen LogP contribution >= 0.6 is 0 Å². The van der Waals surface area contributed by atoms with E-state index in [0.717, 1.165) is 37.7 Å². The van der Waals surface area contributed by atoms with E-state index < -0.39 is 0 Å². The van der Waals surface area contributed by atoms with Crippen molar-refractivity contribution in [3.8, 4) is 0 Å². The van der Waals surface area contributed by atoms with Crippen molar-refractivity contribution in [1.29, 1.82) is 0 Å². The predicted molar refractivity (Wildman–Crippen MR) is 67.8 cm³/mol. The van der Waals surface area contributed by atoms with E-state index in [0.29, 0.717) is 0 Å². The normalized spacial score (nSPS) is 10.8. The highest BCUT2D eigenvalue weighted by molar-refractivity contribution is 5.34. The van der Waals surface area contributed by atoms with Gasteiger partial charge in [0.1, 0.15) is 5.82 Å². The van der Waals surface area contributed by atoms with Gasteiger partial charge in [0.05, 0.1) is 18.1 Å². The van der Waals surface area contributed by atoms with Gasteiger partial charge in [0.2, 0.25) is 0 Å². The second-order valence-electron chi connectivity index (χ2n) is 3.96. The molecule has 4 nitrogen and oxygen atoms in total. The zero-order valence-electron chi connectivity index (χ0n) is 10.8. The molecule has 16 heavy (non-hydrogen) atoms. The molecule has 1 heterocycles. The molecule has 0 aliphatic rings. The number of hydrogen-bond donors (Lipinski definition) is 0. The molecule has 0 fully saturated rings. The van der Waals surface area contributed by atoms with Crippen LogP contribution in [0.4, 0.5) is 5.82 Å². The highest BCUT2D eigenvalue weighted by Gasteiger charge is 2.04. The Hall–Kier alpha value is -1.16. The molecule has 1 aromatic rings. The first-order chi connectivity index (χ1) is 7.67. The summed E-state index contributed by atoms with van der Waals surface area (Å²) in [6.45, 7) is 10.6. The molecule has 4 heteroatoms. The van der Waals surface area contributed by atoms with Crippen molar-refractivity contribution in [2.24, 2.45) is 0 Å². The zero-order chi connectivity index (χ0) is 12.0. The molecule has 0 aliphatic carbocycles. The minimum atomic E-state index is 0.942. The maximum Gasteiger partial charge on any atom is 0.146 e. The monoisotopic (exact) mass is 222 g/mol. The summed E-state index contributed by atoms with van der Waals surface area (Å²) in [5.74, 6) is 0.942. The minimum Gasteiger partial charge on any atom is -0.357 e. The summed E-state index contributed by atoms with van der Waals surface area (Å²) >= 11 is 0. The van der Waals surface area contributed by atoms with Gasteiger partial charge in [-0.05, 0) is 20.0 Å². The Balaban J connectivity index is 2.46. The van der Waals surface area contributed by atoms with Gasteiger partial charge in [-0.1, -0.05) is 13.8 Å². The summed E-state index contributed by atoms with van der Waals surface area (Å²) in [6.07, 6.45) is 3.64. The van der Waals surface area contributed by atoms with Crippen LogP contribution in [0.3, 0.4) is 0 Å². The SMILES string of the molecule is CCN(CC)CCN(C)c1cnc(C)cn1. The molecule has 0 bridgehead atoms. The molecule has 0 spiro atoms. The van der Waals surface area contributed by atoms with E-state index in [2.05, 4.69) is 40.7 Å². The lowest BCUT2D eigenvalue weighted by atomic mass is 10.4. The van der Waals surface area contributed by atoms with Gasteiger partial charge in [-0.3, -0.25) is 4.98 Å². The number of anilines is 1. The first-order valence-corrected chi connectivity index (χ1v) is 5.89. The van der Waals surface area contributed by atoms with E-state index >= 15 is 0 Å². The fourth-order valence-corrected chi connectivity index (χ4v) is 1.53. The van der Waals surface area contributed by atoms with Gasteiger partial charge in [-0.25, -0.2) is 4.98 Å². The fourth-order valence-electron chi connectivity index (χ4n) is 1.53. The quantitative estimate of drug-likeness (QED) is 0.731. The van der Waals surface area contributed by atoms with Crippen molar-refractivity contribution < 1.29 is 0 Å². The molecule has 0 aromatic carbocycles. The van der Waals surface area contributed by atoms with E-state index in [9.17, 15) is 0 Å². The molecule has 0 atom stereocenters. The summed E-state index contributed by atoms with van der Waals surface area (Å²) in [7, 11) is 2.06. The molecule has 90 valence electrons. The Labute approximate surface area is 98.3 Å². The van der Waals surface area contributed by atoms with Crippen molar-refractivity contribution in [2.45, 2.75) is 20.8 Å². The van der Waals surface area contributed by atoms with Crippen LogP contribution in [0, 0.1) is 6.92 Å². The molecule has 0 unspecified atom stereocenters. The lowest BCUT2D eigenvalue weighted by Crippen LogP contribution is -2.33. The number of aryl methyl sites for hydroxylation is 1. The van der Waals surface area contributed by atoms with Crippen LogP contribution in [0.15, 0.2) is 12.4 Å².